The van der Waals surface area contributed by atoms with E-state index in [2.05, 4.69) is 5.32 Å². The Labute approximate surface area is 135 Å². The third kappa shape index (κ3) is 5.43. The Hall–Kier alpha value is -1.19. The summed E-state index contributed by atoms with van der Waals surface area (Å²) in [6.07, 6.45) is -3.64. The molecular weight excluding hydrogens is 306 g/mol. The van der Waals surface area contributed by atoms with Crippen LogP contribution in [0.3, 0.4) is 0 Å². The molecule has 1 heterocycles. The molecule has 0 aromatic rings. The Balaban J connectivity index is 2.98. The molecule has 8 heteroatoms. The van der Waals surface area contributed by atoms with Gasteiger partial charge in [-0.3, -0.25) is 0 Å². The van der Waals surface area contributed by atoms with Crippen molar-refractivity contribution >= 4 is 5.97 Å². The van der Waals surface area contributed by atoms with Crippen LogP contribution in [0.25, 0.3) is 0 Å². The van der Waals surface area contributed by atoms with E-state index in [1.165, 1.54) is 0 Å². The molecule has 6 atom stereocenters. The predicted octanol–water partition coefficient (Wildman–Crippen LogP) is -1.18. The number of ether oxygens (including phenoxy) is 1. The molecule has 0 saturated heterocycles. The van der Waals surface area contributed by atoms with Gasteiger partial charge in [0.25, 0.3) is 0 Å². The second-order valence-electron chi connectivity index (χ2n) is 6.37. The molecule has 0 bridgehead atoms. The molecule has 1 aliphatic heterocycles. The molecule has 0 aromatic heterocycles. The highest BCUT2D eigenvalue weighted by Crippen LogP contribution is 2.23. The van der Waals surface area contributed by atoms with E-state index >= 15 is 0 Å². The lowest BCUT2D eigenvalue weighted by atomic mass is 9.92. The maximum absolute atomic E-state index is 11.1. The van der Waals surface area contributed by atoms with Crippen LogP contribution >= 0.6 is 0 Å². The molecule has 134 valence electrons. The summed E-state index contributed by atoms with van der Waals surface area (Å²) in [7, 11) is 0. The number of hydrogen-bond acceptors (Lipinski definition) is 7. The summed E-state index contributed by atoms with van der Waals surface area (Å²) in [4.78, 5) is 11.1. The first-order chi connectivity index (χ1) is 10.7. The van der Waals surface area contributed by atoms with Gasteiger partial charge >= 0.3 is 5.97 Å². The van der Waals surface area contributed by atoms with Crippen molar-refractivity contribution in [2.75, 3.05) is 6.61 Å². The minimum absolute atomic E-state index is 0.0287. The topological polar surface area (TPSA) is 139 Å². The molecule has 0 amide bonds. The van der Waals surface area contributed by atoms with E-state index in [0.717, 1.165) is 12.5 Å². The van der Waals surface area contributed by atoms with Crippen LogP contribution < -0.4 is 5.32 Å². The maximum Gasteiger partial charge on any atom is 0.370 e. The largest absolute Gasteiger partial charge is 0.479 e. The molecule has 0 aromatic carbocycles. The van der Waals surface area contributed by atoms with Crippen molar-refractivity contribution in [2.24, 2.45) is 5.92 Å². The van der Waals surface area contributed by atoms with Crippen LogP contribution in [0.1, 0.15) is 27.2 Å². The van der Waals surface area contributed by atoms with Crippen molar-refractivity contribution < 1.29 is 35.1 Å². The molecule has 23 heavy (non-hydrogen) atoms. The summed E-state index contributed by atoms with van der Waals surface area (Å²) in [5, 5.41) is 51.1. The summed E-state index contributed by atoms with van der Waals surface area (Å²) in [6, 6.07) is -0.845. The number of nitrogens with one attached hydrogen (secondary N) is 1. The number of aliphatic carboxylic acids is 1. The lowest BCUT2D eigenvalue weighted by molar-refractivity contribution is -0.148. The van der Waals surface area contributed by atoms with Crippen molar-refractivity contribution in [1.82, 2.24) is 5.32 Å². The zero-order valence-electron chi connectivity index (χ0n) is 13.6. The molecule has 0 saturated carbocycles. The summed E-state index contributed by atoms with van der Waals surface area (Å²) >= 11 is 0. The quantitative estimate of drug-likeness (QED) is 0.326. The van der Waals surface area contributed by atoms with Crippen molar-refractivity contribution in [1.29, 1.82) is 0 Å². The van der Waals surface area contributed by atoms with Gasteiger partial charge in [0.2, 0.25) is 5.76 Å². The van der Waals surface area contributed by atoms with Crippen LogP contribution in [0.5, 0.6) is 0 Å². The first kappa shape index (κ1) is 19.9. The zero-order valence-corrected chi connectivity index (χ0v) is 13.6. The fourth-order valence-electron chi connectivity index (χ4n) is 2.74. The first-order valence-corrected chi connectivity index (χ1v) is 7.70. The van der Waals surface area contributed by atoms with Crippen LogP contribution in [-0.4, -0.2) is 74.6 Å². The van der Waals surface area contributed by atoms with Crippen molar-refractivity contribution in [3.05, 3.63) is 11.8 Å². The number of rotatable bonds is 8. The van der Waals surface area contributed by atoms with E-state index in [9.17, 15) is 20.1 Å². The van der Waals surface area contributed by atoms with Gasteiger partial charge < -0.3 is 35.6 Å². The second-order valence-corrected chi connectivity index (χ2v) is 6.37. The summed E-state index contributed by atoms with van der Waals surface area (Å²) in [5.74, 6) is -1.48. The molecule has 1 aliphatic rings. The number of carboxylic acids is 1. The Bertz CT molecular complexity index is 426. The highest BCUT2D eigenvalue weighted by Gasteiger charge is 2.42. The lowest BCUT2D eigenvalue weighted by Gasteiger charge is -2.39. The summed E-state index contributed by atoms with van der Waals surface area (Å²) in [5.41, 5.74) is 0. The van der Waals surface area contributed by atoms with Crippen LogP contribution in [0.4, 0.5) is 0 Å². The standard InChI is InChI=1S/C15H27NO7/c1-7(2)4-8(3)16-12-9(18)5-11(15(21)22)23-14(12)13(20)10(19)6-17/h5,7-10,12-14,16-20H,4,6H2,1-3H3,(H,21,22)/t8?,9?,10-,12-,13-,14-/m1/s1. The Morgan fingerprint density at radius 2 is 1.96 bits per heavy atom. The lowest BCUT2D eigenvalue weighted by Crippen LogP contribution is -2.60. The number of aliphatic hydroxyl groups excluding tert-OH is 4. The Morgan fingerprint density at radius 3 is 2.43 bits per heavy atom. The normalized spacial score (nSPS) is 28.7. The van der Waals surface area contributed by atoms with Gasteiger partial charge in [-0.2, -0.15) is 0 Å². The van der Waals surface area contributed by atoms with Crippen LogP contribution in [-0.2, 0) is 9.53 Å². The Kier molecular flexibility index (Phi) is 7.43. The smallest absolute Gasteiger partial charge is 0.370 e. The molecule has 2 unspecified atom stereocenters. The fourth-order valence-corrected chi connectivity index (χ4v) is 2.74. The van der Waals surface area contributed by atoms with E-state index in [0.29, 0.717) is 5.92 Å². The highest BCUT2D eigenvalue weighted by atomic mass is 16.5. The Morgan fingerprint density at radius 1 is 1.35 bits per heavy atom. The fraction of sp³-hybridized carbons (Fsp3) is 0.800. The van der Waals surface area contributed by atoms with Crippen LogP contribution in [0.15, 0.2) is 11.8 Å². The van der Waals surface area contributed by atoms with Gasteiger partial charge in [0, 0.05) is 6.04 Å². The molecule has 6 N–H and O–H groups in total. The predicted molar refractivity (Wildman–Crippen MR) is 81.5 cm³/mol. The molecule has 0 radical (unpaired) electrons. The molecule has 0 fully saturated rings. The number of carboxylic acid groups (broad SMARTS) is 1. The van der Waals surface area contributed by atoms with E-state index in [4.69, 9.17) is 14.9 Å². The third-order valence-electron chi connectivity index (χ3n) is 3.74. The average molecular weight is 333 g/mol. The van der Waals surface area contributed by atoms with Crippen molar-refractivity contribution in [3.63, 3.8) is 0 Å². The van der Waals surface area contributed by atoms with Gasteiger partial charge in [-0.05, 0) is 25.3 Å². The third-order valence-corrected chi connectivity index (χ3v) is 3.74. The number of carbonyl (C=O) groups is 1. The first-order valence-electron chi connectivity index (χ1n) is 7.70. The second kappa shape index (κ2) is 8.60. The molecule has 1 rings (SSSR count). The summed E-state index contributed by atoms with van der Waals surface area (Å²) < 4.78 is 5.24. The van der Waals surface area contributed by atoms with Gasteiger partial charge in [0.05, 0.1) is 18.8 Å². The minimum atomic E-state index is -1.55. The van der Waals surface area contributed by atoms with Gasteiger partial charge in [-0.25, -0.2) is 4.79 Å². The van der Waals surface area contributed by atoms with Crippen LogP contribution in [0, 0.1) is 5.92 Å². The van der Waals surface area contributed by atoms with E-state index in [1.807, 2.05) is 20.8 Å². The SMILES string of the molecule is CC(C)CC(C)N[C@@H]1C(O)C=C(C(=O)O)O[C@H]1[C@H](O)[C@H](O)CO. The van der Waals surface area contributed by atoms with Crippen molar-refractivity contribution in [2.45, 2.75) is 63.7 Å². The van der Waals surface area contributed by atoms with E-state index in [-0.39, 0.29) is 6.04 Å². The molecule has 0 spiro atoms. The monoisotopic (exact) mass is 333 g/mol. The maximum atomic E-state index is 11.1. The van der Waals surface area contributed by atoms with Crippen LogP contribution in [0.2, 0.25) is 0 Å². The van der Waals surface area contributed by atoms with Gasteiger partial charge in [-0.1, -0.05) is 13.8 Å². The van der Waals surface area contributed by atoms with Gasteiger partial charge in [0.15, 0.2) is 0 Å². The van der Waals surface area contributed by atoms with Gasteiger partial charge in [-0.15, -0.1) is 0 Å². The summed E-state index contributed by atoms with van der Waals surface area (Å²) in [6.45, 7) is 5.26. The molecule has 8 nitrogen and oxygen atoms in total. The van der Waals surface area contributed by atoms with E-state index < -0.39 is 48.8 Å². The molecular formula is C15H27NO7. The number of hydrogen-bond donors (Lipinski definition) is 6. The zero-order chi connectivity index (χ0) is 17.7. The highest BCUT2D eigenvalue weighted by molar-refractivity contribution is 5.84. The molecule has 0 aliphatic carbocycles. The van der Waals surface area contributed by atoms with E-state index in [1.54, 1.807) is 0 Å². The minimum Gasteiger partial charge on any atom is -0.479 e. The average Bonchev–Trinajstić information content (AvgIpc) is 2.46. The van der Waals surface area contributed by atoms with Crippen molar-refractivity contribution in [3.8, 4) is 0 Å². The number of aliphatic hydroxyl groups is 4. The van der Waals surface area contributed by atoms with Gasteiger partial charge in [0.1, 0.15) is 18.3 Å².